The Morgan fingerprint density at radius 2 is 1.85 bits per heavy atom. The molecule has 2 fully saturated rings. The largest absolute Gasteiger partial charge is 0.493 e. The Bertz CT molecular complexity index is 585. The van der Waals surface area contributed by atoms with Crippen LogP contribution in [0.5, 0.6) is 5.75 Å². The van der Waals surface area contributed by atoms with Crippen molar-refractivity contribution in [1.82, 2.24) is 15.1 Å². The number of amides is 2. The van der Waals surface area contributed by atoms with E-state index in [1.165, 1.54) is 0 Å². The molecule has 0 radical (unpaired) electrons. The van der Waals surface area contributed by atoms with Gasteiger partial charge in [0.2, 0.25) is 11.8 Å². The van der Waals surface area contributed by atoms with Gasteiger partial charge in [0.1, 0.15) is 5.75 Å². The second kappa shape index (κ2) is 9.57. The van der Waals surface area contributed by atoms with Crippen LogP contribution in [0.4, 0.5) is 0 Å². The third-order valence-corrected chi connectivity index (χ3v) is 5.10. The first-order valence-electron chi connectivity index (χ1n) is 9.69. The molecule has 6 nitrogen and oxygen atoms in total. The molecule has 3 rings (SSSR count). The molecular weight excluding hydrogens is 330 g/mol. The SMILES string of the molecule is O=C(CCOc1ccccc1)N1CCCC(C(=O)N2CCCNCC2)C1. The summed E-state index contributed by atoms with van der Waals surface area (Å²) < 4.78 is 5.62. The maximum Gasteiger partial charge on any atom is 0.227 e. The smallest absolute Gasteiger partial charge is 0.227 e. The van der Waals surface area contributed by atoms with Gasteiger partial charge in [-0.25, -0.2) is 0 Å². The van der Waals surface area contributed by atoms with Gasteiger partial charge in [-0.1, -0.05) is 18.2 Å². The van der Waals surface area contributed by atoms with Gasteiger partial charge in [-0.3, -0.25) is 9.59 Å². The molecule has 0 saturated carbocycles. The zero-order valence-electron chi connectivity index (χ0n) is 15.4. The van der Waals surface area contributed by atoms with Gasteiger partial charge in [-0.2, -0.15) is 0 Å². The summed E-state index contributed by atoms with van der Waals surface area (Å²) in [4.78, 5) is 29.1. The van der Waals surface area contributed by atoms with E-state index in [0.717, 1.165) is 57.7 Å². The number of nitrogens with one attached hydrogen (secondary N) is 1. The van der Waals surface area contributed by atoms with Gasteiger partial charge in [0.05, 0.1) is 18.9 Å². The van der Waals surface area contributed by atoms with Crippen molar-refractivity contribution >= 4 is 11.8 Å². The Kier molecular flexibility index (Phi) is 6.89. The molecule has 6 heteroatoms. The number of piperidine rings is 1. The predicted octanol–water partition coefficient (Wildman–Crippen LogP) is 1.52. The Morgan fingerprint density at radius 3 is 2.69 bits per heavy atom. The van der Waals surface area contributed by atoms with Gasteiger partial charge >= 0.3 is 0 Å². The molecule has 1 N–H and O–H groups in total. The van der Waals surface area contributed by atoms with Crippen LogP contribution in [0.25, 0.3) is 0 Å². The number of para-hydroxylation sites is 1. The Labute approximate surface area is 155 Å². The third kappa shape index (κ3) is 5.21. The number of carbonyl (C=O) groups is 2. The normalized spacial score (nSPS) is 21.2. The van der Waals surface area contributed by atoms with Crippen LogP contribution in [-0.2, 0) is 9.59 Å². The summed E-state index contributed by atoms with van der Waals surface area (Å²) >= 11 is 0. The van der Waals surface area contributed by atoms with Gasteiger partial charge in [-0.05, 0) is 37.9 Å². The number of hydrogen-bond acceptors (Lipinski definition) is 4. The van der Waals surface area contributed by atoms with Crippen LogP contribution in [0.1, 0.15) is 25.7 Å². The van der Waals surface area contributed by atoms with Gasteiger partial charge < -0.3 is 19.9 Å². The number of benzene rings is 1. The van der Waals surface area contributed by atoms with Gasteiger partial charge in [-0.15, -0.1) is 0 Å². The summed E-state index contributed by atoms with van der Waals surface area (Å²) in [6.07, 6.45) is 3.13. The van der Waals surface area contributed by atoms with E-state index in [2.05, 4.69) is 5.32 Å². The van der Waals surface area contributed by atoms with Crippen molar-refractivity contribution in [3.63, 3.8) is 0 Å². The van der Waals surface area contributed by atoms with Crippen molar-refractivity contribution in [2.75, 3.05) is 45.9 Å². The molecule has 2 saturated heterocycles. The average Bonchev–Trinajstić information content (AvgIpc) is 2.98. The third-order valence-electron chi connectivity index (χ3n) is 5.10. The van der Waals surface area contributed by atoms with Crippen molar-refractivity contribution < 1.29 is 14.3 Å². The van der Waals surface area contributed by atoms with E-state index in [0.29, 0.717) is 19.6 Å². The lowest BCUT2D eigenvalue weighted by Gasteiger charge is -2.34. The van der Waals surface area contributed by atoms with Crippen LogP contribution >= 0.6 is 0 Å². The summed E-state index contributed by atoms with van der Waals surface area (Å²) in [7, 11) is 0. The number of nitrogens with zero attached hydrogens (tertiary/aromatic N) is 2. The summed E-state index contributed by atoms with van der Waals surface area (Å²) in [6, 6.07) is 9.53. The molecule has 2 heterocycles. The van der Waals surface area contributed by atoms with Crippen LogP contribution in [0.15, 0.2) is 30.3 Å². The zero-order chi connectivity index (χ0) is 18.2. The van der Waals surface area contributed by atoms with Crippen LogP contribution < -0.4 is 10.1 Å². The van der Waals surface area contributed by atoms with Gasteiger partial charge in [0.25, 0.3) is 0 Å². The minimum absolute atomic E-state index is 0.0548. The first-order valence-corrected chi connectivity index (χ1v) is 9.69. The number of ether oxygens (including phenoxy) is 1. The van der Waals surface area contributed by atoms with E-state index >= 15 is 0 Å². The average molecular weight is 359 g/mol. The fraction of sp³-hybridized carbons (Fsp3) is 0.600. The molecule has 1 aromatic rings. The molecule has 0 aromatic heterocycles. The van der Waals surface area contributed by atoms with Gasteiger partial charge in [0, 0.05) is 32.7 Å². The van der Waals surface area contributed by atoms with E-state index in [-0.39, 0.29) is 17.7 Å². The maximum absolute atomic E-state index is 12.8. The lowest BCUT2D eigenvalue weighted by molar-refractivity contribution is -0.141. The summed E-state index contributed by atoms with van der Waals surface area (Å²) in [5.41, 5.74) is 0. The molecule has 1 atom stereocenters. The highest BCUT2D eigenvalue weighted by molar-refractivity contribution is 5.81. The van der Waals surface area contributed by atoms with E-state index in [1.807, 2.05) is 40.1 Å². The van der Waals surface area contributed by atoms with Crippen molar-refractivity contribution in [3.05, 3.63) is 30.3 Å². The van der Waals surface area contributed by atoms with Crippen molar-refractivity contribution in [1.29, 1.82) is 0 Å². The highest BCUT2D eigenvalue weighted by Gasteiger charge is 2.31. The first-order chi connectivity index (χ1) is 12.7. The molecule has 1 unspecified atom stereocenters. The second-order valence-electron chi connectivity index (χ2n) is 7.02. The molecular formula is C20H29N3O3. The lowest BCUT2D eigenvalue weighted by Crippen LogP contribution is -2.47. The van der Waals surface area contributed by atoms with Crippen LogP contribution in [0.2, 0.25) is 0 Å². The standard InChI is InChI=1S/C20H29N3O3/c24-19(9-15-26-18-7-2-1-3-8-18)23-12-4-6-17(16-23)20(25)22-13-5-10-21-11-14-22/h1-3,7-8,17,21H,4-6,9-16H2. The van der Waals surface area contributed by atoms with Gasteiger partial charge in [0.15, 0.2) is 0 Å². The topological polar surface area (TPSA) is 61.9 Å². The molecule has 2 aliphatic heterocycles. The highest BCUT2D eigenvalue weighted by Crippen LogP contribution is 2.20. The molecule has 0 spiro atoms. The number of carbonyl (C=O) groups excluding carboxylic acids is 2. The minimum atomic E-state index is -0.0548. The van der Waals surface area contributed by atoms with Crippen LogP contribution in [0.3, 0.4) is 0 Å². The Balaban J connectivity index is 1.46. The Hall–Kier alpha value is -2.08. The fourth-order valence-electron chi connectivity index (χ4n) is 3.66. The molecule has 0 aliphatic carbocycles. The minimum Gasteiger partial charge on any atom is -0.493 e. The number of likely N-dealkylation sites (tertiary alicyclic amines) is 1. The second-order valence-corrected chi connectivity index (χ2v) is 7.02. The monoisotopic (exact) mass is 359 g/mol. The lowest BCUT2D eigenvalue weighted by atomic mass is 9.96. The molecule has 1 aromatic carbocycles. The van der Waals surface area contributed by atoms with E-state index in [4.69, 9.17) is 4.74 Å². The molecule has 2 amide bonds. The number of hydrogen-bond donors (Lipinski definition) is 1. The van der Waals surface area contributed by atoms with Crippen molar-refractivity contribution in [2.24, 2.45) is 5.92 Å². The molecule has 2 aliphatic rings. The van der Waals surface area contributed by atoms with Crippen molar-refractivity contribution in [2.45, 2.75) is 25.7 Å². The molecule has 26 heavy (non-hydrogen) atoms. The summed E-state index contributed by atoms with van der Waals surface area (Å²) in [5.74, 6) is 1.02. The first kappa shape index (κ1) is 18.7. The van der Waals surface area contributed by atoms with E-state index in [9.17, 15) is 9.59 Å². The Morgan fingerprint density at radius 1 is 1.04 bits per heavy atom. The van der Waals surface area contributed by atoms with Crippen LogP contribution in [-0.4, -0.2) is 67.5 Å². The zero-order valence-corrected chi connectivity index (χ0v) is 15.4. The quantitative estimate of drug-likeness (QED) is 0.866. The summed E-state index contributed by atoms with van der Waals surface area (Å²) in [5, 5.41) is 3.33. The maximum atomic E-state index is 12.8. The predicted molar refractivity (Wildman–Crippen MR) is 99.9 cm³/mol. The molecule has 142 valence electrons. The van der Waals surface area contributed by atoms with Crippen LogP contribution in [0, 0.1) is 5.92 Å². The van der Waals surface area contributed by atoms with E-state index in [1.54, 1.807) is 0 Å². The van der Waals surface area contributed by atoms with Crippen molar-refractivity contribution in [3.8, 4) is 5.75 Å². The summed E-state index contributed by atoms with van der Waals surface area (Å²) in [6.45, 7) is 5.09. The molecule has 0 bridgehead atoms. The highest BCUT2D eigenvalue weighted by atomic mass is 16.5. The number of rotatable bonds is 5. The van der Waals surface area contributed by atoms with E-state index < -0.39 is 0 Å². The fourth-order valence-corrected chi connectivity index (χ4v) is 3.66.